The summed E-state index contributed by atoms with van der Waals surface area (Å²) in [5, 5.41) is 6.66. The van der Waals surface area contributed by atoms with Crippen molar-refractivity contribution in [2.45, 2.75) is 33.2 Å². The molecule has 2 aliphatic rings. The molecule has 0 saturated carbocycles. The number of hydrogen-bond acceptors (Lipinski definition) is 6. The van der Waals surface area contributed by atoms with Gasteiger partial charge in [0.15, 0.2) is 0 Å². The molecule has 4 heterocycles. The van der Waals surface area contributed by atoms with E-state index in [-0.39, 0.29) is 23.9 Å². The Balaban J connectivity index is 0.00000165. The number of benzene rings is 2. The van der Waals surface area contributed by atoms with Gasteiger partial charge in [0.2, 0.25) is 5.91 Å². The van der Waals surface area contributed by atoms with E-state index in [1.807, 2.05) is 69.3 Å². The summed E-state index contributed by atoms with van der Waals surface area (Å²) < 4.78 is 5.95. The number of hydrogen-bond donors (Lipinski definition) is 2. The van der Waals surface area contributed by atoms with Gasteiger partial charge in [-0.3, -0.25) is 14.5 Å². The normalized spacial score (nSPS) is 15.6. The largest absolute Gasteiger partial charge is 0.457 e. The Hall–Kier alpha value is -4.70. The van der Waals surface area contributed by atoms with Crippen molar-refractivity contribution in [3.05, 3.63) is 83.9 Å². The van der Waals surface area contributed by atoms with Crippen LogP contribution in [-0.4, -0.2) is 46.9 Å². The first-order valence-corrected chi connectivity index (χ1v) is 14.3. The summed E-state index contributed by atoms with van der Waals surface area (Å²) in [5.74, 6) is 0.932. The molecule has 4 aromatic rings. The van der Waals surface area contributed by atoms with E-state index in [4.69, 9.17) is 4.74 Å². The molecular weight excluding hydrogens is 538 g/mol. The van der Waals surface area contributed by atoms with E-state index in [0.29, 0.717) is 57.4 Å². The molecule has 10 heteroatoms. The molecule has 6 rings (SSSR count). The highest BCUT2D eigenvalue weighted by atomic mass is 32.1. The maximum Gasteiger partial charge on any atom is 0.331 e. The quantitative estimate of drug-likeness (QED) is 0.254. The summed E-state index contributed by atoms with van der Waals surface area (Å²) in [6, 6.07) is 16.3. The van der Waals surface area contributed by atoms with Crippen LogP contribution in [0.5, 0.6) is 11.5 Å². The first-order valence-electron chi connectivity index (χ1n) is 13.5. The van der Waals surface area contributed by atoms with Gasteiger partial charge in [-0.15, -0.1) is 11.3 Å². The molecule has 0 spiro atoms. The summed E-state index contributed by atoms with van der Waals surface area (Å²) >= 11 is 1.23. The first kappa shape index (κ1) is 27.9. The van der Waals surface area contributed by atoms with Crippen LogP contribution in [0.3, 0.4) is 0 Å². The lowest BCUT2D eigenvalue weighted by atomic mass is 10.1. The fourth-order valence-corrected chi connectivity index (χ4v) is 6.03. The molecule has 0 radical (unpaired) electrons. The standard InChI is InChI=1S/C29H25N5O4S.C2H6/c1-3-23(35)33-14-12-18(16-33)31-27(36)26-25-24-22(11-13-30-28(24)39-26)34(29(37)32-25)21-10-9-20(15-17(21)2)38-19-7-5-4-6-8-19;1-2/h3-11,13,15,18H,1,12,14,16H2,2H3,(H,31,36)(H,32,37);1-2H3. The monoisotopic (exact) mass is 569 g/mol. The number of thiophene rings is 1. The lowest BCUT2D eigenvalue weighted by Gasteiger charge is -2.29. The van der Waals surface area contributed by atoms with Gasteiger partial charge in [0.05, 0.1) is 22.4 Å². The second-order valence-electron chi connectivity index (χ2n) is 9.39. The van der Waals surface area contributed by atoms with Crippen LogP contribution in [0, 0.1) is 6.92 Å². The van der Waals surface area contributed by atoms with Crippen molar-refractivity contribution >= 4 is 56.5 Å². The maximum atomic E-state index is 13.5. The molecule has 2 aromatic carbocycles. The number of nitrogens with one attached hydrogen (secondary N) is 2. The van der Waals surface area contributed by atoms with Crippen molar-refractivity contribution in [3.63, 3.8) is 0 Å². The van der Waals surface area contributed by atoms with Gasteiger partial charge in [-0.1, -0.05) is 38.6 Å². The predicted octanol–water partition coefficient (Wildman–Crippen LogP) is 6.62. The fraction of sp³-hybridized carbons (Fsp3) is 0.226. The number of urea groups is 1. The van der Waals surface area contributed by atoms with E-state index >= 15 is 0 Å². The summed E-state index contributed by atoms with van der Waals surface area (Å²) in [4.78, 5) is 47.5. The second kappa shape index (κ2) is 11.8. The minimum atomic E-state index is -0.370. The Kier molecular flexibility index (Phi) is 8.02. The second-order valence-corrected chi connectivity index (χ2v) is 10.4. The van der Waals surface area contributed by atoms with Crippen LogP contribution in [0.2, 0.25) is 0 Å². The van der Waals surface area contributed by atoms with E-state index in [0.717, 1.165) is 11.3 Å². The Morgan fingerprint density at radius 1 is 1.12 bits per heavy atom. The molecule has 1 fully saturated rings. The highest BCUT2D eigenvalue weighted by Gasteiger charge is 2.34. The summed E-state index contributed by atoms with van der Waals surface area (Å²) in [5.41, 5.74) is 2.65. The van der Waals surface area contributed by atoms with Crippen molar-refractivity contribution < 1.29 is 19.1 Å². The van der Waals surface area contributed by atoms with Crippen LogP contribution < -0.4 is 20.3 Å². The van der Waals surface area contributed by atoms with Gasteiger partial charge in [0, 0.05) is 25.3 Å². The third kappa shape index (κ3) is 5.38. The number of carbonyl (C=O) groups excluding carboxylic acids is 3. The molecule has 2 aromatic heterocycles. The molecule has 1 atom stereocenters. The summed E-state index contributed by atoms with van der Waals surface area (Å²) in [6.07, 6.45) is 3.57. The Morgan fingerprint density at radius 2 is 1.90 bits per heavy atom. The van der Waals surface area contributed by atoms with Crippen molar-refractivity contribution in [2.75, 3.05) is 23.3 Å². The van der Waals surface area contributed by atoms with E-state index in [1.54, 1.807) is 22.1 Å². The molecule has 4 amide bonds. The molecule has 1 unspecified atom stereocenters. The van der Waals surface area contributed by atoms with E-state index < -0.39 is 0 Å². The topological polar surface area (TPSA) is 104 Å². The number of aryl methyl sites for hydroxylation is 1. The molecule has 9 nitrogen and oxygen atoms in total. The van der Waals surface area contributed by atoms with Crippen molar-refractivity contribution in [1.82, 2.24) is 15.2 Å². The Morgan fingerprint density at radius 3 is 2.63 bits per heavy atom. The van der Waals surface area contributed by atoms with E-state index in [2.05, 4.69) is 22.2 Å². The average Bonchev–Trinajstić information content (AvgIpc) is 3.61. The number of aromatic nitrogens is 1. The average molecular weight is 570 g/mol. The van der Waals surface area contributed by atoms with E-state index in [9.17, 15) is 14.4 Å². The van der Waals surface area contributed by atoms with E-state index in [1.165, 1.54) is 17.4 Å². The molecule has 0 aliphatic carbocycles. The predicted molar refractivity (Wildman–Crippen MR) is 162 cm³/mol. The number of nitrogens with zero attached hydrogens (tertiary/aromatic N) is 3. The van der Waals surface area contributed by atoms with Gasteiger partial charge >= 0.3 is 6.03 Å². The first-order chi connectivity index (χ1) is 19.9. The zero-order chi connectivity index (χ0) is 29.1. The third-order valence-corrected chi connectivity index (χ3v) is 7.95. The SMILES string of the molecule is C=CC(=O)N1CCC(NC(=O)c2sc3nccc4c3c2NC(=O)N4c2ccc(Oc3ccccc3)cc2C)C1.CC. The van der Waals surface area contributed by atoms with Gasteiger partial charge in [-0.05, 0) is 61.4 Å². The van der Waals surface area contributed by atoms with Crippen molar-refractivity contribution in [1.29, 1.82) is 0 Å². The number of amides is 4. The number of carbonyl (C=O) groups is 3. The van der Waals surface area contributed by atoms with Gasteiger partial charge in [-0.2, -0.15) is 0 Å². The highest BCUT2D eigenvalue weighted by Crippen LogP contribution is 2.46. The van der Waals surface area contributed by atoms with Crippen molar-refractivity contribution in [3.8, 4) is 11.5 Å². The zero-order valence-electron chi connectivity index (χ0n) is 23.1. The van der Waals surface area contributed by atoms with Crippen LogP contribution in [0.4, 0.5) is 21.9 Å². The van der Waals surface area contributed by atoms with Crippen LogP contribution in [-0.2, 0) is 4.79 Å². The third-order valence-electron chi connectivity index (χ3n) is 6.85. The number of para-hydroxylation sites is 1. The highest BCUT2D eigenvalue weighted by molar-refractivity contribution is 7.21. The minimum Gasteiger partial charge on any atom is -0.457 e. The minimum absolute atomic E-state index is 0.153. The maximum absolute atomic E-state index is 13.5. The lowest BCUT2D eigenvalue weighted by Crippen LogP contribution is -2.39. The summed E-state index contributed by atoms with van der Waals surface area (Å²) in [6.45, 7) is 10.4. The van der Waals surface area contributed by atoms with Gasteiger partial charge < -0.3 is 20.3 Å². The number of ether oxygens (including phenoxy) is 1. The molecule has 0 bridgehead atoms. The molecule has 2 N–H and O–H groups in total. The number of pyridine rings is 1. The van der Waals surface area contributed by atoms with Gasteiger partial charge in [-0.25, -0.2) is 9.78 Å². The van der Waals surface area contributed by atoms with Crippen LogP contribution >= 0.6 is 11.3 Å². The summed E-state index contributed by atoms with van der Waals surface area (Å²) in [7, 11) is 0. The zero-order valence-corrected chi connectivity index (χ0v) is 24.0. The molecule has 41 heavy (non-hydrogen) atoms. The number of anilines is 3. The molecular formula is C31H31N5O4S. The van der Waals surface area contributed by atoms with Gasteiger partial charge in [0.25, 0.3) is 5.91 Å². The van der Waals surface area contributed by atoms with Crippen LogP contribution in [0.25, 0.3) is 10.2 Å². The smallest absolute Gasteiger partial charge is 0.331 e. The number of rotatable bonds is 6. The lowest BCUT2D eigenvalue weighted by molar-refractivity contribution is -0.125. The molecule has 2 aliphatic heterocycles. The Bertz CT molecular complexity index is 1630. The molecule has 1 saturated heterocycles. The fourth-order valence-electron chi connectivity index (χ4n) is 5.01. The Labute approximate surface area is 242 Å². The van der Waals surface area contributed by atoms with Crippen molar-refractivity contribution in [2.24, 2.45) is 0 Å². The van der Waals surface area contributed by atoms with Crippen LogP contribution in [0.1, 0.15) is 35.5 Å². The molecule has 210 valence electrons. The van der Waals surface area contributed by atoms with Gasteiger partial charge in [0.1, 0.15) is 21.2 Å². The number of likely N-dealkylation sites (tertiary alicyclic amines) is 1. The van der Waals surface area contributed by atoms with Crippen LogP contribution in [0.15, 0.2) is 73.4 Å².